The van der Waals surface area contributed by atoms with Crippen LogP contribution in [-0.2, 0) is 7.05 Å². The maximum Gasteiger partial charge on any atom is 0.122 e. The quantitative estimate of drug-likeness (QED) is 0.864. The molecule has 1 unspecified atom stereocenters. The highest BCUT2D eigenvalue weighted by Gasteiger charge is 2.15. The summed E-state index contributed by atoms with van der Waals surface area (Å²) in [6.45, 7) is 2.53. The van der Waals surface area contributed by atoms with Crippen molar-refractivity contribution in [3.63, 3.8) is 0 Å². The van der Waals surface area contributed by atoms with Crippen LogP contribution in [0, 0.1) is 0 Å². The van der Waals surface area contributed by atoms with Crippen LogP contribution in [0.5, 0.6) is 5.75 Å². The van der Waals surface area contributed by atoms with Crippen molar-refractivity contribution < 1.29 is 9.84 Å². The number of hydrogen-bond donors (Lipinski definition) is 1. The van der Waals surface area contributed by atoms with Gasteiger partial charge in [0.15, 0.2) is 0 Å². The minimum absolute atomic E-state index is 0.604. The smallest absolute Gasteiger partial charge is 0.122 e. The number of rotatable bonds is 4. The fourth-order valence-corrected chi connectivity index (χ4v) is 1.66. The molecule has 0 aliphatic rings. The average molecular weight is 233 g/mol. The van der Waals surface area contributed by atoms with Gasteiger partial charge in [-0.3, -0.25) is 0 Å². The molecule has 0 saturated carbocycles. The first-order valence-corrected chi connectivity index (χ1v) is 5.47. The van der Waals surface area contributed by atoms with E-state index in [2.05, 4.69) is 10.3 Å². The molecule has 2 aromatic rings. The van der Waals surface area contributed by atoms with Gasteiger partial charge in [-0.25, -0.2) is 4.68 Å². The van der Waals surface area contributed by atoms with E-state index < -0.39 is 6.10 Å². The van der Waals surface area contributed by atoms with Gasteiger partial charge in [-0.2, -0.15) is 0 Å². The molecule has 0 fully saturated rings. The molecule has 2 rings (SSSR count). The Morgan fingerprint density at radius 3 is 2.94 bits per heavy atom. The summed E-state index contributed by atoms with van der Waals surface area (Å²) in [6.07, 6.45) is 0.813. The Labute approximate surface area is 99.7 Å². The molecule has 0 spiro atoms. The van der Waals surface area contributed by atoms with Gasteiger partial charge in [0.05, 0.1) is 18.5 Å². The number of aliphatic hydroxyl groups excluding tert-OH is 1. The molecule has 0 aliphatic heterocycles. The Hall–Kier alpha value is -1.88. The summed E-state index contributed by atoms with van der Waals surface area (Å²) in [6, 6.07) is 7.38. The molecule has 1 aromatic carbocycles. The molecular weight excluding hydrogens is 218 g/mol. The van der Waals surface area contributed by atoms with E-state index in [0.717, 1.165) is 11.3 Å². The Kier molecular flexibility index (Phi) is 3.39. The zero-order chi connectivity index (χ0) is 12.3. The molecule has 1 aromatic heterocycles. The second-order valence-electron chi connectivity index (χ2n) is 3.69. The lowest BCUT2D eigenvalue weighted by Gasteiger charge is -2.12. The van der Waals surface area contributed by atoms with Gasteiger partial charge >= 0.3 is 0 Å². The van der Waals surface area contributed by atoms with E-state index in [1.165, 1.54) is 0 Å². The van der Waals surface area contributed by atoms with Crippen molar-refractivity contribution in [2.75, 3.05) is 6.61 Å². The molecule has 1 atom stereocenters. The van der Waals surface area contributed by atoms with Crippen molar-refractivity contribution >= 4 is 0 Å². The molecule has 0 radical (unpaired) electrons. The summed E-state index contributed by atoms with van der Waals surface area (Å²) in [4.78, 5) is 0. The standard InChI is InChI=1S/C12H15N3O2/c1-3-17-10-6-4-5-9(7-10)12(16)11-8-13-14-15(11)2/h4-8,12,16H,3H2,1-2H3. The number of aryl methyl sites for hydroxylation is 1. The molecule has 0 amide bonds. The third-order valence-electron chi connectivity index (χ3n) is 2.51. The summed E-state index contributed by atoms with van der Waals surface area (Å²) in [5.41, 5.74) is 1.42. The zero-order valence-electron chi connectivity index (χ0n) is 9.87. The van der Waals surface area contributed by atoms with Crippen LogP contribution in [0.3, 0.4) is 0 Å². The fraction of sp³-hybridized carbons (Fsp3) is 0.333. The van der Waals surface area contributed by atoms with Gasteiger partial charge in [-0.05, 0) is 24.6 Å². The maximum absolute atomic E-state index is 10.2. The number of aromatic nitrogens is 3. The van der Waals surface area contributed by atoms with Crippen LogP contribution in [0.4, 0.5) is 0 Å². The Morgan fingerprint density at radius 2 is 2.29 bits per heavy atom. The lowest BCUT2D eigenvalue weighted by atomic mass is 10.1. The topological polar surface area (TPSA) is 60.2 Å². The summed E-state index contributed by atoms with van der Waals surface area (Å²) in [5, 5.41) is 17.7. The predicted octanol–water partition coefficient (Wildman–Crippen LogP) is 1.30. The molecule has 1 heterocycles. The lowest BCUT2D eigenvalue weighted by Crippen LogP contribution is -2.06. The summed E-state index contributed by atoms with van der Waals surface area (Å²) in [5.74, 6) is 0.749. The first-order valence-electron chi connectivity index (χ1n) is 5.47. The van der Waals surface area contributed by atoms with Crippen LogP contribution in [0.15, 0.2) is 30.5 Å². The number of ether oxygens (including phenoxy) is 1. The van der Waals surface area contributed by atoms with E-state index in [1.807, 2.05) is 31.2 Å². The van der Waals surface area contributed by atoms with Crippen molar-refractivity contribution in [3.05, 3.63) is 41.7 Å². The molecule has 90 valence electrons. The van der Waals surface area contributed by atoms with Gasteiger partial charge in [-0.1, -0.05) is 17.3 Å². The molecule has 0 bridgehead atoms. The van der Waals surface area contributed by atoms with Gasteiger partial charge in [0.25, 0.3) is 0 Å². The highest BCUT2D eigenvalue weighted by Crippen LogP contribution is 2.24. The Balaban J connectivity index is 2.28. The highest BCUT2D eigenvalue weighted by molar-refractivity contribution is 5.32. The van der Waals surface area contributed by atoms with Crippen LogP contribution in [0.2, 0.25) is 0 Å². The Morgan fingerprint density at radius 1 is 1.47 bits per heavy atom. The molecule has 1 N–H and O–H groups in total. The van der Waals surface area contributed by atoms with E-state index in [4.69, 9.17) is 4.74 Å². The van der Waals surface area contributed by atoms with Crippen molar-refractivity contribution in [2.45, 2.75) is 13.0 Å². The second kappa shape index (κ2) is 4.97. The van der Waals surface area contributed by atoms with Gasteiger partial charge in [-0.15, -0.1) is 5.10 Å². The number of aliphatic hydroxyl groups is 1. The van der Waals surface area contributed by atoms with Gasteiger partial charge in [0.2, 0.25) is 0 Å². The fourth-order valence-electron chi connectivity index (χ4n) is 1.66. The maximum atomic E-state index is 10.2. The number of benzene rings is 1. The molecule has 5 nitrogen and oxygen atoms in total. The van der Waals surface area contributed by atoms with Gasteiger partial charge in [0.1, 0.15) is 11.9 Å². The lowest BCUT2D eigenvalue weighted by molar-refractivity contribution is 0.209. The van der Waals surface area contributed by atoms with Crippen LogP contribution in [0.1, 0.15) is 24.3 Å². The van der Waals surface area contributed by atoms with E-state index in [-0.39, 0.29) is 0 Å². The Bertz CT molecular complexity index is 496. The molecular formula is C12H15N3O2. The van der Waals surface area contributed by atoms with E-state index in [0.29, 0.717) is 12.3 Å². The molecule has 17 heavy (non-hydrogen) atoms. The van der Waals surface area contributed by atoms with Crippen LogP contribution in [-0.4, -0.2) is 26.7 Å². The molecule has 0 saturated heterocycles. The minimum Gasteiger partial charge on any atom is -0.494 e. The SMILES string of the molecule is CCOc1cccc(C(O)c2cnnn2C)c1. The summed E-state index contributed by atoms with van der Waals surface area (Å²) >= 11 is 0. The third-order valence-corrected chi connectivity index (χ3v) is 2.51. The van der Waals surface area contributed by atoms with E-state index in [9.17, 15) is 5.11 Å². The first-order chi connectivity index (χ1) is 8.22. The number of hydrogen-bond acceptors (Lipinski definition) is 4. The van der Waals surface area contributed by atoms with Crippen molar-refractivity contribution in [2.24, 2.45) is 7.05 Å². The monoisotopic (exact) mass is 233 g/mol. The second-order valence-corrected chi connectivity index (χ2v) is 3.69. The average Bonchev–Trinajstić information content (AvgIpc) is 2.75. The van der Waals surface area contributed by atoms with Crippen molar-refractivity contribution in [1.29, 1.82) is 0 Å². The normalized spacial score (nSPS) is 12.4. The summed E-state index contributed by atoms with van der Waals surface area (Å²) < 4.78 is 6.95. The predicted molar refractivity (Wildman–Crippen MR) is 62.7 cm³/mol. The molecule has 5 heteroatoms. The largest absolute Gasteiger partial charge is 0.494 e. The van der Waals surface area contributed by atoms with Crippen molar-refractivity contribution in [1.82, 2.24) is 15.0 Å². The summed E-state index contributed by atoms with van der Waals surface area (Å²) in [7, 11) is 1.75. The van der Waals surface area contributed by atoms with Crippen LogP contribution >= 0.6 is 0 Å². The van der Waals surface area contributed by atoms with Crippen molar-refractivity contribution in [3.8, 4) is 5.75 Å². The first kappa shape index (κ1) is 11.6. The highest BCUT2D eigenvalue weighted by atomic mass is 16.5. The third kappa shape index (κ3) is 2.45. The minimum atomic E-state index is -0.740. The van der Waals surface area contributed by atoms with E-state index >= 15 is 0 Å². The number of nitrogens with zero attached hydrogens (tertiary/aromatic N) is 3. The van der Waals surface area contributed by atoms with Crippen LogP contribution < -0.4 is 4.74 Å². The van der Waals surface area contributed by atoms with Gasteiger partial charge < -0.3 is 9.84 Å². The van der Waals surface area contributed by atoms with Gasteiger partial charge in [0, 0.05) is 7.05 Å². The zero-order valence-corrected chi connectivity index (χ0v) is 9.87. The van der Waals surface area contributed by atoms with Crippen LogP contribution in [0.25, 0.3) is 0 Å². The van der Waals surface area contributed by atoms with E-state index in [1.54, 1.807) is 17.9 Å². The molecule has 0 aliphatic carbocycles.